The summed E-state index contributed by atoms with van der Waals surface area (Å²) in [5, 5.41) is 8.73. The van der Waals surface area contributed by atoms with Gasteiger partial charge >= 0.3 is 0 Å². The zero-order valence-corrected chi connectivity index (χ0v) is 6.34. The molecule has 1 N–H and O–H groups in total. The van der Waals surface area contributed by atoms with Gasteiger partial charge in [-0.15, -0.1) is 0 Å². The fraction of sp³-hybridized carbons (Fsp3) is 1.00. The Morgan fingerprint density at radius 2 is 2.30 bits per heavy atom. The third-order valence-corrected chi connectivity index (χ3v) is 2.95. The Morgan fingerprint density at radius 1 is 1.60 bits per heavy atom. The Kier molecular flexibility index (Phi) is 1.29. The van der Waals surface area contributed by atoms with Crippen LogP contribution < -0.4 is 0 Å². The monoisotopic (exact) mass is 142 g/mol. The Hall–Kier alpha value is -0.0800. The summed E-state index contributed by atoms with van der Waals surface area (Å²) < 4.78 is 5.32. The zero-order chi connectivity index (χ0) is 7.19. The maximum absolute atomic E-state index is 8.73. The van der Waals surface area contributed by atoms with E-state index in [1.165, 1.54) is 19.3 Å². The molecule has 58 valence electrons. The van der Waals surface area contributed by atoms with Crippen LogP contribution in [0.25, 0.3) is 0 Å². The first-order chi connectivity index (χ1) is 4.76. The van der Waals surface area contributed by atoms with Gasteiger partial charge in [-0.1, -0.05) is 13.3 Å². The molecule has 0 aromatic rings. The van der Waals surface area contributed by atoms with Crippen LogP contribution in [0.2, 0.25) is 0 Å². The van der Waals surface area contributed by atoms with Crippen molar-refractivity contribution in [2.75, 3.05) is 6.61 Å². The standard InChI is InChI=1S/C8H14O2/c1-8(3-2-4-8)7-6(5-9)10-7/h6-7,9H,2-5H2,1H3/t6-,7-/m0/s1. The largest absolute Gasteiger partial charge is 0.394 e. The van der Waals surface area contributed by atoms with Crippen LogP contribution in [0.4, 0.5) is 0 Å². The molecule has 0 spiro atoms. The molecule has 0 unspecified atom stereocenters. The summed E-state index contributed by atoms with van der Waals surface area (Å²) in [5.74, 6) is 0. The molecule has 0 aromatic heterocycles. The van der Waals surface area contributed by atoms with Crippen LogP contribution in [0.5, 0.6) is 0 Å². The van der Waals surface area contributed by atoms with Crippen LogP contribution in [-0.4, -0.2) is 23.9 Å². The first-order valence-corrected chi connectivity index (χ1v) is 4.02. The number of aliphatic hydroxyl groups excluding tert-OH is 1. The summed E-state index contributed by atoms with van der Waals surface area (Å²) in [5.41, 5.74) is 0.424. The number of aliphatic hydroxyl groups is 1. The van der Waals surface area contributed by atoms with Gasteiger partial charge in [0.25, 0.3) is 0 Å². The maximum Gasteiger partial charge on any atom is 0.108 e. The Labute approximate surface area is 61.2 Å². The smallest absolute Gasteiger partial charge is 0.108 e. The zero-order valence-electron chi connectivity index (χ0n) is 6.34. The third kappa shape index (κ3) is 0.789. The molecule has 0 radical (unpaired) electrons. The average Bonchev–Trinajstić information content (AvgIpc) is 2.61. The minimum absolute atomic E-state index is 0.172. The van der Waals surface area contributed by atoms with Crippen molar-refractivity contribution in [2.45, 2.75) is 38.4 Å². The number of hydrogen-bond acceptors (Lipinski definition) is 2. The van der Waals surface area contributed by atoms with Crippen LogP contribution in [0.15, 0.2) is 0 Å². The lowest BCUT2D eigenvalue weighted by atomic mass is 9.67. The molecule has 1 saturated heterocycles. The van der Waals surface area contributed by atoms with Crippen molar-refractivity contribution in [3.63, 3.8) is 0 Å². The third-order valence-electron chi connectivity index (χ3n) is 2.95. The van der Waals surface area contributed by atoms with Gasteiger partial charge in [0.05, 0.1) is 12.7 Å². The molecule has 0 bridgehead atoms. The summed E-state index contributed by atoms with van der Waals surface area (Å²) in [6.45, 7) is 2.47. The van der Waals surface area contributed by atoms with Crippen molar-refractivity contribution in [2.24, 2.45) is 5.41 Å². The van der Waals surface area contributed by atoms with Crippen LogP contribution >= 0.6 is 0 Å². The van der Waals surface area contributed by atoms with Crippen molar-refractivity contribution in [3.8, 4) is 0 Å². The van der Waals surface area contributed by atoms with Gasteiger partial charge in [0.15, 0.2) is 0 Å². The fourth-order valence-electron chi connectivity index (χ4n) is 1.91. The molecule has 10 heavy (non-hydrogen) atoms. The highest BCUT2D eigenvalue weighted by molar-refractivity contribution is 5.01. The molecule has 2 atom stereocenters. The van der Waals surface area contributed by atoms with Gasteiger partial charge in [-0.3, -0.25) is 0 Å². The molecule has 2 heteroatoms. The van der Waals surface area contributed by atoms with E-state index < -0.39 is 0 Å². The van der Waals surface area contributed by atoms with Crippen LogP contribution in [0.3, 0.4) is 0 Å². The topological polar surface area (TPSA) is 32.8 Å². The summed E-state index contributed by atoms with van der Waals surface area (Å²) in [6.07, 6.45) is 4.47. The Bertz CT molecular complexity index is 140. The van der Waals surface area contributed by atoms with Crippen molar-refractivity contribution >= 4 is 0 Å². The van der Waals surface area contributed by atoms with E-state index in [2.05, 4.69) is 6.92 Å². The van der Waals surface area contributed by atoms with Gasteiger partial charge in [-0.05, 0) is 18.3 Å². The van der Waals surface area contributed by atoms with Crippen molar-refractivity contribution in [3.05, 3.63) is 0 Å². The number of hydrogen-bond donors (Lipinski definition) is 1. The van der Waals surface area contributed by atoms with Gasteiger partial charge in [0.2, 0.25) is 0 Å². The molecule has 2 nitrogen and oxygen atoms in total. The molecule has 1 saturated carbocycles. The molecular formula is C8H14O2. The van der Waals surface area contributed by atoms with Crippen LogP contribution in [0, 0.1) is 5.41 Å². The summed E-state index contributed by atoms with van der Waals surface area (Å²) >= 11 is 0. The highest BCUT2D eigenvalue weighted by atomic mass is 16.6. The lowest BCUT2D eigenvalue weighted by Crippen LogP contribution is -2.33. The van der Waals surface area contributed by atoms with E-state index in [1.807, 2.05) is 0 Å². The molecular weight excluding hydrogens is 128 g/mol. The predicted octanol–water partition coefficient (Wildman–Crippen LogP) is 0.936. The van der Waals surface area contributed by atoms with E-state index in [-0.39, 0.29) is 12.7 Å². The molecule has 2 fully saturated rings. The van der Waals surface area contributed by atoms with Crippen LogP contribution in [-0.2, 0) is 4.74 Å². The normalized spacial score (nSPS) is 42.6. The highest BCUT2D eigenvalue weighted by Gasteiger charge is 2.53. The van der Waals surface area contributed by atoms with E-state index in [1.54, 1.807) is 0 Å². The summed E-state index contributed by atoms with van der Waals surface area (Å²) in [4.78, 5) is 0. The van der Waals surface area contributed by atoms with E-state index in [0.717, 1.165) is 0 Å². The Morgan fingerprint density at radius 3 is 2.60 bits per heavy atom. The lowest BCUT2D eigenvalue weighted by molar-refractivity contribution is 0.109. The molecule has 1 aliphatic carbocycles. The second-order valence-electron chi connectivity index (χ2n) is 3.79. The number of ether oxygens (including phenoxy) is 1. The first-order valence-electron chi connectivity index (χ1n) is 4.02. The highest BCUT2D eigenvalue weighted by Crippen LogP contribution is 2.51. The van der Waals surface area contributed by atoms with E-state index in [0.29, 0.717) is 11.5 Å². The molecule has 2 aliphatic rings. The predicted molar refractivity (Wildman–Crippen MR) is 37.7 cm³/mol. The second kappa shape index (κ2) is 1.95. The van der Waals surface area contributed by atoms with Gasteiger partial charge in [0.1, 0.15) is 6.10 Å². The van der Waals surface area contributed by atoms with Crippen molar-refractivity contribution < 1.29 is 9.84 Å². The second-order valence-corrected chi connectivity index (χ2v) is 3.79. The fourth-order valence-corrected chi connectivity index (χ4v) is 1.91. The SMILES string of the molecule is CC1([C@H]2O[C@H]2CO)CCC1. The van der Waals surface area contributed by atoms with Crippen LogP contribution in [0.1, 0.15) is 26.2 Å². The van der Waals surface area contributed by atoms with Crippen molar-refractivity contribution in [1.82, 2.24) is 0 Å². The first kappa shape index (κ1) is 6.62. The molecule has 0 aromatic carbocycles. The van der Waals surface area contributed by atoms with Gasteiger partial charge in [0, 0.05) is 0 Å². The molecule has 2 rings (SSSR count). The number of epoxide rings is 1. The minimum atomic E-state index is 0.172. The Balaban J connectivity index is 1.90. The lowest BCUT2D eigenvalue weighted by Gasteiger charge is -2.37. The maximum atomic E-state index is 8.73. The molecule has 1 aliphatic heterocycles. The quantitative estimate of drug-likeness (QED) is 0.582. The van der Waals surface area contributed by atoms with Gasteiger partial charge in [-0.2, -0.15) is 0 Å². The number of rotatable bonds is 2. The van der Waals surface area contributed by atoms with Gasteiger partial charge in [-0.25, -0.2) is 0 Å². The summed E-state index contributed by atoms with van der Waals surface area (Å²) in [7, 11) is 0. The molecule has 0 amide bonds. The average molecular weight is 142 g/mol. The van der Waals surface area contributed by atoms with Gasteiger partial charge < -0.3 is 9.84 Å². The summed E-state index contributed by atoms with van der Waals surface area (Å²) in [6, 6.07) is 0. The minimum Gasteiger partial charge on any atom is -0.394 e. The van der Waals surface area contributed by atoms with E-state index in [4.69, 9.17) is 9.84 Å². The van der Waals surface area contributed by atoms with Crippen molar-refractivity contribution in [1.29, 1.82) is 0 Å². The molecule has 1 heterocycles. The van der Waals surface area contributed by atoms with E-state index in [9.17, 15) is 0 Å². The van der Waals surface area contributed by atoms with E-state index >= 15 is 0 Å².